The summed E-state index contributed by atoms with van der Waals surface area (Å²) in [6.07, 6.45) is -0.428. The van der Waals surface area contributed by atoms with E-state index in [1.165, 1.54) is 36.4 Å². The first-order valence-electron chi connectivity index (χ1n) is 6.00. The molecule has 7 heteroatoms. The molecule has 0 unspecified atom stereocenters. The summed E-state index contributed by atoms with van der Waals surface area (Å²) in [5.74, 6) is -1.69. The topological polar surface area (TPSA) is 103 Å². The number of nitrogens with two attached hydrogens (primary N) is 1. The molecule has 0 bridgehead atoms. The van der Waals surface area contributed by atoms with Crippen LogP contribution in [0.25, 0.3) is 0 Å². The van der Waals surface area contributed by atoms with Gasteiger partial charge in [0.1, 0.15) is 5.75 Å². The quantitative estimate of drug-likeness (QED) is 0.390. The van der Waals surface area contributed by atoms with Gasteiger partial charge in [-0.3, -0.25) is 4.79 Å². The molecule has 0 spiro atoms. The molecule has 0 aliphatic carbocycles. The number of carboxylic acid groups (broad SMARTS) is 1. The number of hydrogen-bond donors (Lipinski definition) is 2. The first-order valence-corrected chi connectivity index (χ1v) is 6.37. The number of hydrogen-bond acceptors (Lipinski definition) is 5. The third-order valence-corrected chi connectivity index (χ3v) is 3.16. The van der Waals surface area contributed by atoms with Crippen molar-refractivity contribution in [3.05, 3.63) is 58.1 Å². The van der Waals surface area contributed by atoms with Gasteiger partial charge in [-0.1, -0.05) is 11.6 Å². The van der Waals surface area contributed by atoms with Crippen LogP contribution in [0.15, 0.2) is 36.4 Å². The van der Waals surface area contributed by atoms with Crippen molar-refractivity contribution in [1.29, 1.82) is 0 Å². The van der Waals surface area contributed by atoms with Gasteiger partial charge in [0.2, 0.25) is 0 Å². The van der Waals surface area contributed by atoms with E-state index in [9.17, 15) is 19.8 Å². The van der Waals surface area contributed by atoms with E-state index >= 15 is 0 Å². The molecular formula is C15H11ClNNaO4. The van der Waals surface area contributed by atoms with Crippen molar-refractivity contribution in [2.24, 2.45) is 0 Å². The number of phenolic OH excluding ortho intramolecular Hbond substituents is 1. The summed E-state index contributed by atoms with van der Waals surface area (Å²) in [5, 5.41) is 20.1. The largest absolute Gasteiger partial charge is 1.00 e. The van der Waals surface area contributed by atoms with Gasteiger partial charge in [-0.2, -0.15) is 0 Å². The third-order valence-electron chi connectivity index (χ3n) is 2.94. The summed E-state index contributed by atoms with van der Waals surface area (Å²) in [6, 6.07) is 8.39. The predicted molar refractivity (Wildman–Crippen MR) is 76.1 cm³/mol. The van der Waals surface area contributed by atoms with Crippen molar-refractivity contribution in [1.82, 2.24) is 0 Å². The Morgan fingerprint density at radius 3 is 2.32 bits per heavy atom. The number of anilines is 1. The third kappa shape index (κ3) is 4.24. The molecule has 0 aliphatic heterocycles. The maximum atomic E-state index is 12.4. The van der Waals surface area contributed by atoms with E-state index in [4.69, 9.17) is 17.3 Å². The second-order valence-corrected chi connectivity index (χ2v) is 4.89. The van der Waals surface area contributed by atoms with E-state index in [1.54, 1.807) is 0 Å². The summed E-state index contributed by atoms with van der Waals surface area (Å²) in [7, 11) is 0. The summed E-state index contributed by atoms with van der Waals surface area (Å²) in [4.78, 5) is 23.1. The van der Waals surface area contributed by atoms with E-state index in [-0.39, 0.29) is 57.1 Å². The number of phenols is 1. The molecule has 0 atom stereocenters. The van der Waals surface area contributed by atoms with E-state index in [1.807, 2.05) is 0 Å². The molecule has 108 valence electrons. The van der Waals surface area contributed by atoms with Gasteiger partial charge in [0.25, 0.3) is 0 Å². The van der Waals surface area contributed by atoms with E-state index < -0.39 is 18.2 Å². The average Bonchev–Trinajstić information content (AvgIpc) is 2.42. The van der Waals surface area contributed by atoms with Crippen molar-refractivity contribution in [3.8, 4) is 5.75 Å². The number of carbonyl (C=O) groups excluding carboxylic acids is 2. The van der Waals surface area contributed by atoms with Crippen LogP contribution in [0, 0.1) is 0 Å². The van der Waals surface area contributed by atoms with Crippen LogP contribution in [-0.4, -0.2) is 16.9 Å². The standard InChI is InChI=1S/C15H12ClNO4.Na/c16-10-5-9(6-13(19)20)14(17)12(7-10)15(21)8-1-3-11(18)4-2-8;/h1-5,7,18H,6,17H2,(H,19,20);/q;+1/p-1. The summed E-state index contributed by atoms with van der Waals surface area (Å²) >= 11 is 5.90. The van der Waals surface area contributed by atoms with Gasteiger partial charge in [0.05, 0.1) is 0 Å². The van der Waals surface area contributed by atoms with Gasteiger partial charge in [0.15, 0.2) is 5.78 Å². The fraction of sp³-hybridized carbons (Fsp3) is 0.0667. The Labute approximate surface area is 154 Å². The Morgan fingerprint density at radius 1 is 1.18 bits per heavy atom. The fourth-order valence-corrected chi connectivity index (χ4v) is 2.17. The summed E-state index contributed by atoms with van der Waals surface area (Å²) in [6.45, 7) is 0. The maximum absolute atomic E-state index is 12.4. The average molecular weight is 328 g/mol. The minimum absolute atomic E-state index is 0. The number of rotatable bonds is 4. The molecular weight excluding hydrogens is 317 g/mol. The first-order chi connectivity index (χ1) is 9.88. The first kappa shape index (κ1) is 18.5. The molecule has 5 nitrogen and oxygen atoms in total. The van der Waals surface area contributed by atoms with Crippen LogP contribution in [0.3, 0.4) is 0 Å². The zero-order valence-electron chi connectivity index (χ0n) is 11.8. The minimum Gasteiger partial charge on any atom is -0.550 e. The number of carboxylic acids is 1. The molecule has 0 heterocycles. The zero-order chi connectivity index (χ0) is 15.6. The van der Waals surface area contributed by atoms with Gasteiger partial charge in [-0.15, -0.1) is 0 Å². The summed E-state index contributed by atoms with van der Waals surface area (Å²) < 4.78 is 0. The normalized spacial score (nSPS) is 9.86. The number of carbonyl (C=O) groups is 2. The van der Waals surface area contributed by atoms with E-state index in [0.29, 0.717) is 5.56 Å². The summed E-state index contributed by atoms with van der Waals surface area (Å²) in [5.41, 5.74) is 6.55. The second kappa shape index (κ2) is 7.65. The Kier molecular flexibility index (Phi) is 6.44. The van der Waals surface area contributed by atoms with Crippen LogP contribution in [-0.2, 0) is 11.2 Å². The predicted octanol–water partition coefficient (Wildman–Crippen LogP) is -1.84. The van der Waals surface area contributed by atoms with Crippen LogP contribution in [0.2, 0.25) is 5.02 Å². The molecule has 0 fully saturated rings. The molecule has 2 aromatic carbocycles. The van der Waals surface area contributed by atoms with Crippen molar-refractivity contribution < 1.29 is 49.4 Å². The van der Waals surface area contributed by atoms with Gasteiger partial charge >= 0.3 is 29.6 Å². The Morgan fingerprint density at radius 2 is 1.77 bits per heavy atom. The van der Waals surface area contributed by atoms with Crippen LogP contribution in [0.1, 0.15) is 21.5 Å². The van der Waals surface area contributed by atoms with E-state index in [2.05, 4.69) is 0 Å². The smallest absolute Gasteiger partial charge is 0.550 e. The fourth-order valence-electron chi connectivity index (χ4n) is 1.93. The minimum atomic E-state index is -1.31. The van der Waals surface area contributed by atoms with E-state index in [0.717, 1.165) is 0 Å². The number of aliphatic carboxylic acids is 1. The second-order valence-electron chi connectivity index (χ2n) is 4.45. The molecule has 2 aromatic rings. The number of benzene rings is 2. The van der Waals surface area contributed by atoms with Crippen LogP contribution in [0.5, 0.6) is 5.75 Å². The van der Waals surface area contributed by atoms with Gasteiger partial charge in [-0.05, 0) is 42.0 Å². The monoisotopic (exact) mass is 327 g/mol. The van der Waals surface area contributed by atoms with Crippen molar-refractivity contribution in [3.63, 3.8) is 0 Å². The van der Waals surface area contributed by atoms with Crippen molar-refractivity contribution >= 4 is 29.0 Å². The number of nitrogen functional groups attached to an aromatic ring is 1. The molecule has 0 saturated heterocycles. The van der Waals surface area contributed by atoms with Crippen molar-refractivity contribution in [2.45, 2.75) is 6.42 Å². The maximum Gasteiger partial charge on any atom is 1.00 e. The van der Waals surface area contributed by atoms with Crippen LogP contribution in [0.4, 0.5) is 5.69 Å². The number of halogens is 1. The van der Waals surface area contributed by atoms with Crippen LogP contribution >= 0.6 is 11.6 Å². The molecule has 3 N–H and O–H groups in total. The Balaban J connectivity index is 0.00000242. The van der Waals surface area contributed by atoms with Gasteiger partial charge in [0, 0.05) is 34.2 Å². The SMILES string of the molecule is Nc1c(CC(=O)[O-])cc(Cl)cc1C(=O)c1ccc(O)cc1.[Na+]. The van der Waals surface area contributed by atoms with Crippen molar-refractivity contribution in [2.75, 3.05) is 5.73 Å². The Hall–Kier alpha value is -1.53. The molecule has 2 rings (SSSR count). The molecule has 22 heavy (non-hydrogen) atoms. The van der Waals surface area contributed by atoms with Gasteiger partial charge < -0.3 is 20.7 Å². The molecule has 0 aromatic heterocycles. The molecule has 0 amide bonds. The molecule has 0 aliphatic rings. The molecule has 0 saturated carbocycles. The molecule has 0 radical (unpaired) electrons. The zero-order valence-corrected chi connectivity index (χ0v) is 14.6. The van der Waals surface area contributed by atoms with Gasteiger partial charge in [-0.25, -0.2) is 0 Å². The van der Waals surface area contributed by atoms with Crippen LogP contribution < -0.4 is 40.4 Å². The number of ketones is 1. The number of aromatic hydroxyl groups is 1. The Bertz CT molecular complexity index is 716.